The molecule has 1 amide bonds. The Balaban J connectivity index is 2.19. The molecule has 2 atom stereocenters. The van der Waals surface area contributed by atoms with Gasteiger partial charge in [-0.1, -0.05) is 0 Å². The molecule has 1 N–H and O–H groups in total. The zero-order valence-electron chi connectivity index (χ0n) is 5.43. The smallest absolute Gasteiger partial charge is 0.319 e. The van der Waals surface area contributed by atoms with E-state index >= 15 is 0 Å². The van der Waals surface area contributed by atoms with Crippen molar-refractivity contribution >= 4 is 23.6 Å². The molecule has 1 saturated heterocycles. The van der Waals surface area contributed by atoms with E-state index in [-0.39, 0.29) is 11.3 Å². The van der Waals surface area contributed by atoms with Crippen molar-refractivity contribution in [1.82, 2.24) is 4.90 Å². The zero-order chi connectivity index (χ0) is 8.01. The van der Waals surface area contributed by atoms with Crippen LogP contribution in [0.3, 0.4) is 0 Å². The number of carbonyl (C=O) groups is 2. The molecule has 0 aliphatic carbocycles. The Kier molecular flexibility index (Phi) is 1.23. The Bertz CT molecular complexity index is 263. The SMILES string of the molecule is O=C(O)C1C(=O)N2C=CS[C@@H]12. The van der Waals surface area contributed by atoms with Gasteiger partial charge in [0.05, 0.1) is 0 Å². The van der Waals surface area contributed by atoms with Gasteiger partial charge in [0.1, 0.15) is 5.37 Å². The minimum Gasteiger partial charge on any atom is -0.481 e. The maximum atomic E-state index is 11.0. The van der Waals surface area contributed by atoms with Gasteiger partial charge in [-0.05, 0) is 5.41 Å². The van der Waals surface area contributed by atoms with Crippen molar-refractivity contribution in [2.24, 2.45) is 5.92 Å². The molecule has 58 valence electrons. The second-order valence-electron chi connectivity index (χ2n) is 2.37. The molecule has 0 aromatic heterocycles. The van der Waals surface area contributed by atoms with Crippen LogP contribution < -0.4 is 0 Å². The first-order chi connectivity index (χ1) is 5.22. The van der Waals surface area contributed by atoms with E-state index in [4.69, 9.17) is 5.11 Å². The lowest BCUT2D eigenvalue weighted by Gasteiger charge is -2.37. The van der Waals surface area contributed by atoms with Gasteiger partial charge in [-0.15, -0.1) is 11.8 Å². The molecule has 5 heteroatoms. The number of β-lactam (4-membered cyclic amide) rings is 1. The number of thioether (sulfide) groups is 1. The highest BCUT2D eigenvalue weighted by Crippen LogP contribution is 2.40. The molecule has 0 spiro atoms. The molecule has 0 bridgehead atoms. The molecular formula is C6H5NO3S. The van der Waals surface area contributed by atoms with Gasteiger partial charge in [0, 0.05) is 6.20 Å². The normalized spacial score (nSPS) is 33.5. The Morgan fingerprint density at radius 2 is 2.45 bits per heavy atom. The minimum absolute atomic E-state index is 0.181. The fraction of sp³-hybridized carbons (Fsp3) is 0.333. The van der Waals surface area contributed by atoms with Crippen molar-refractivity contribution in [2.75, 3.05) is 0 Å². The molecule has 0 aromatic rings. The third-order valence-corrected chi connectivity index (χ3v) is 2.84. The van der Waals surface area contributed by atoms with Crippen molar-refractivity contribution in [3.05, 3.63) is 11.6 Å². The Morgan fingerprint density at radius 3 is 3.09 bits per heavy atom. The van der Waals surface area contributed by atoms with E-state index in [2.05, 4.69) is 0 Å². The lowest BCUT2D eigenvalue weighted by molar-refractivity contribution is -0.160. The highest BCUT2D eigenvalue weighted by atomic mass is 32.2. The summed E-state index contributed by atoms with van der Waals surface area (Å²) in [5, 5.41) is 10.1. The summed E-state index contributed by atoms with van der Waals surface area (Å²) in [7, 11) is 0. The third kappa shape index (κ3) is 0.712. The van der Waals surface area contributed by atoms with Gasteiger partial charge >= 0.3 is 5.97 Å². The average molecular weight is 171 g/mol. The predicted molar refractivity (Wildman–Crippen MR) is 38.5 cm³/mol. The van der Waals surface area contributed by atoms with E-state index < -0.39 is 11.9 Å². The molecule has 1 fully saturated rings. The average Bonchev–Trinajstić information content (AvgIpc) is 2.30. The molecule has 4 nitrogen and oxygen atoms in total. The number of nitrogens with zero attached hydrogens (tertiary/aromatic N) is 1. The van der Waals surface area contributed by atoms with Gasteiger partial charge in [-0.3, -0.25) is 9.59 Å². The minimum atomic E-state index is -1.02. The van der Waals surface area contributed by atoms with Gasteiger partial charge in [0.2, 0.25) is 5.91 Å². The lowest BCUT2D eigenvalue weighted by Crippen LogP contribution is -2.57. The van der Waals surface area contributed by atoms with E-state index in [0.29, 0.717) is 0 Å². The molecule has 2 heterocycles. The highest BCUT2D eigenvalue weighted by molar-refractivity contribution is 8.03. The first-order valence-corrected chi connectivity index (χ1v) is 4.03. The summed E-state index contributed by atoms with van der Waals surface area (Å²) >= 11 is 1.38. The monoisotopic (exact) mass is 171 g/mol. The maximum absolute atomic E-state index is 11.0. The second kappa shape index (κ2) is 2.01. The number of carboxylic acids is 1. The van der Waals surface area contributed by atoms with Crippen LogP contribution in [-0.2, 0) is 9.59 Å². The number of hydrogen-bond acceptors (Lipinski definition) is 3. The van der Waals surface area contributed by atoms with Gasteiger partial charge in [0.15, 0.2) is 5.92 Å². The number of fused-ring (bicyclic) bond motifs is 1. The number of carboxylic acid groups (broad SMARTS) is 1. The Hall–Kier alpha value is -0.970. The van der Waals surface area contributed by atoms with Crippen molar-refractivity contribution in [3.8, 4) is 0 Å². The van der Waals surface area contributed by atoms with E-state index in [9.17, 15) is 9.59 Å². The third-order valence-electron chi connectivity index (χ3n) is 1.79. The van der Waals surface area contributed by atoms with Gasteiger partial charge in [-0.2, -0.15) is 0 Å². The molecule has 1 unspecified atom stereocenters. The summed E-state index contributed by atoms with van der Waals surface area (Å²) < 4.78 is 0. The number of hydrogen-bond donors (Lipinski definition) is 1. The molecule has 0 aromatic carbocycles. The first-order valence-electron chi connectivity index (χ1n) is 3.09. The summed E-state index contributed by atoms with van der Waals surface area (Å²) in [6, 6.07) is 0. The van der Waals surface area contributed by atoms with Crippen LogP contribution in [0.5, 0.6) is 0 Å². The topological polar surface area (TPSA) is 57.6 Å². The maximum Gasteiger partial charge on any atom is 0.319 e. The summed E-state index contributed by atoms with van der Waals surface area (Å²) in [4.78, 5) is 22.9. The second-order valence-corrected chi connectivity index (χ2v) is 3.40. The van der Waals surface area contributed by atoms with E-state index in [1.54, 1.807) is 11.6 Å². The van der Waals surface area contributed by atoms with Crippen LogP contribution in [-0.4, -0.2) is 27.3 Å². The molecular weight excluding hydrogens is 166 g/mol. The van der Waals surface area contributed by atoms with Crippen LogP contribution >= 0.6 is 11.8 Å². The molecule has 2 rings (SSSR count). The van der Waals surface area contributed by atoms with Gasteiger partial charge in [-0.25, -0.2) is 0 Å². The van der Waals surface area contributed by atoms with Crippen LogP contribution in [0.25, 0.3) is 0 Å². The molecule has 11 heavy (non-hydrogen) atoms. The van der Waals surface area contributed by atoms with Crippen molar-refractivity contribution < 1.29 is 14.7 Å². The number of aliphatic carboxylic acids is 1. The van der Waals surface area contributed by atoms with E-state index in [1.807, 2.05) is 0 Å². The molecule has 2 aliphatic rings. The summed E-state index contributed by atoms with van der Waals surface area (Å²) in [6.07, 6.45) is 1.62. The Morgan fingerprint density at radius 1 is 1.73 bits per heavy atom. The van der Waals surface area contributed by atoms with Gasteiger partial charge in [0.25, 0.3) is 0 Å². The van der Waals surface area contributed by atoms with Crippen molar-refractivity contribution in [3.63, 3.8) is 0 Å². The van der Waals surface area contributed by atoms with Gasteiger partial charge < -0.3 is 10.0 Å². The van der Waals surface area contributed by atoms with Crippen LogP contribution in [0, 0.1) is 5.92 Å². The standard InChI is InChI=1S/C6H5NO3S/c8-4-3(6(9)10)5-7(4)1-2-11-5/h1-3,5H,(H,9,10)/t3?,5-/m0/s1. The van der Waals surface area contributed by atoms with E-state index in [0.717, 1.165) is 0 Å². The number of amides is 1. The Labute approximate surface area is 66.9 Å². The summed E-state index contributed by atoms with van der Waals surface area (Å²) in [6.45, 7) is 0. The summed E-state index contributed by atoms with van der Waals surface area (Å²) in [5.74, 6) is -2.15. The predicted octanol–water partition coefficient (Wildman–Crippen LogP) is 0.0735. The molecule has 0 radical (unpaired) electrons. The summed E-state index contributed by atoms with van der Waals surface area (Å²) in [5.41, 5.74) is 0. The molecule has 2 aliphatic heterocycles. The largest absolute Gasteiger partial charge is 0.481 e. The first kappa shape index (κ1) is 6.72. The fourth-order valence-corrected chi connectivity index (χ4v) is 2.26. The van der Waals surface area contributed by atoms with Crippen molar-refractivity contribution in [2.45, 2.75) is 5.37 Å². The van der Waals surface area contributed by atoms with Crippen LogP contribution in [0.4, 0.5) is 0 Å². The van der Waals surface area contributed by atoms with Crippen LogP contribution in [0.15, 0.2) is 11.6 Å². The highest BCUT2D eigenvalue weighted by Gasteiger charge is 2.52. The van der Waals surface area contributed by atoms with Crippen molar-refractivity contribution in [1.29, 1.82) is 0 Å². The molecule has 0 saturated carbocycles. The lowest BCUT2D eigenvalue weighted by atomic mass is 9.99. The van der Waals surface area contributed by atoms with Crippen LogP contribution in [0.1, 0.15) is 0 Å². The number of rotatable bonds is 1. The fourth-order valence-electron chi connectivity index (χ4n) is 1.20. The zero-order valence-corrected chi connectivity index (χ0v) is 6.25. The number of carbonyl (C=O) groups excluding carboxylic acids is 1. The van der Waals surface area contributed by atoms with E-state index in [1.165, 1.54) is 16.7 Å². The quantitative estimate of drug-likeness (QED) is 0.448. The van der Waals surface area contributed by atoms with Crippen LogP contribution in [0.2, 0.25) is 0 Å².